The number of aliphatic hydroxyl groups is 1. The molecule has 1 aromatic carbocycles. The van der Waals surface area contributed by atoms with Crippen LogP contribution < -0.4 is 10.2 Å². The highest BCUT2D eigenvalue weighted by Crippen LogP contribution is 2.35. The predicted molar refractivity (Wildman–Crippen MR) is 86.0 cm³/mol. The molecule has 8 heteroatoms. The molecule has 0 aliphatic carbocycles. The van der Waals surface area contributed by atoms with E-state index in [4.69, 9.17) is 0 Å². The highest BCUT2D eigenvalue weighted by atomic mass is 16.3. The monoisotopic (exact) mass is 343 g/mol. The Balaban J connectivity index is 1.70. The van der Waals surface area contributed by atoms with E-state index in [0.717, 1.165) is 4.90 Å². The van der Waals surface area contributed by atoms with Gasteiger partial charge in [-0.3, -0.25) is 29.4 Å². The Morgan fingerprint density at radius 3 is 2.56 bits per heavy atom. The molecule has 25 heavy (non-hydrogen) atoms. The molecular formula is C17H17N3O5. The molecule has 2 fully saturated rings. The first-order valence-corrected chi connectivity index (χ1v) is 8.25. The number of benzene rings is 1. The lowest BCUT2D eigenvalue weighted by Gasteiger charge is -2.28. The van der Waals surface area contributed by atoms with Gasteiger partial charge in [-0.15, -0.1) is 0 Å². The van der Waals surface area contributed by atoms with Crippen LogP contribution in [-0.2, 0) is 9.59 Å². The maximum atomic E-state index is 12.9. The minimum atomic E-state index is -0.970. The Morgan fingerprint density at radius 1 is 1.08 bits per heavy atom. The third-order valence-electron chi connectivity index (χ3n) is 4.95. The second-order valence-corrected chi connectivity index (χ2v) is 6.54. The molecule has 4 rings (SSSR count). The van der Waals surface area contributed by atoms with Gasteiger partial charge in [-0.05, 0) is 25.0 Å². The van der Waals surface area contributed by atoms with Gasteiger partial charge in [0.25, 0.3) is 11.8 Å². The van der Waals surface area contributed by atoms with Crippen molar-refractivity contribution in [2.24, 2.45) is 0 Å². The van der Waals surface area contributed by atoms with E-state index in [0.29, 0.717) is 25.2 Å². The van der Waals surface area contributed by atoms with E-state index >= 15 is 0 Å². The fourth-order valence-corrected chi connectivity index (χ4v) is 3.72. The summed E-state index contributed by atoms with van der Waals surface area (Å²) >= 11 is 0. The lowest BCUT2D eigenvalue weighted by atomic mass is 10.0. The summed E-state index contributed by atoms with van der Waals surface area (Å²) in [5.74, 6) is -2.06. The maximum Gasteiger partial charge on any atom is 0.264 e. The van der Waals surface area contributed by atoms with E-state index in [9.17, 15) is 24.3 Å². The molecule has 3 heterocycles. The Hall–Kier alpha value is -2.74. The largest absolute Gasteiger partial charge is 0.391 e. The van der Waals surface area contributed by atoms with Crippen molar-refractivity contribution in [2.75, 3.05) is 18.0 Å². The summed E-state index contributed by atoms with van der Waals surface area (Å²) < 4.78 is 0. The molecule has 2 saturated heterocycles. The fourth-order valence-electron chi connectivity index (χ4n) is 3.72. The first-order chi connectivity index (χ1) is 12.0. The molecule has 1 aromatic rings. The molecule has 2 atom stereocenters. The second kappa shape index (κ2) is 5.66. The van der Waals surface area contributed by atoms with Crippen molar-refractivity contribution >= 4 is 29.3 Å². The van der Waals surface area contributed by atoms with Crippen LogP contribution in [0.15, 0.2) is 18.2 Å². The molecule has 3 aliphatic rings. The third kappa shape index (κ3) is 2.41. The van der Waals surface area contributed by atoms with Crippen molar-refractivity contribution in [3.63, 3.8) is 0 Å². The van der Waals surface area contributed by atoms with Crippen LogP contribution in [0.2, 0.25) is 0 Å². The Labute approximate surface area is 143 Å². The van der Waals surface area contributed by atoms with Gasteiger partial charge in [-0.1, -0.05) is 6.07 Å². The van der Waals surface area contributed by atoms with E-state index in [2.05, 4.69) is 5.32 Å². The van der Waals surface area contributed by atoms with Gasteiger partial charge in [0.15, 0.2) is 0 Å². The zero-order valence-electron chi connectivity index (χ0n) is 13.4. The number of carbonyl (C=O) groups is 4. The third-order valence-corrected chi connectivity index (χ3v) is 4.95. The minimum Gasteiger partial charge on any atom is -0.391 e. The van der Waals surface area contributed by atoms with Crippen LogP contribution in [0.5, 0.6) is 0 Å². The SMILES string of the molecule is O=C1CCC(N2C(=O)c3cccc(N4CC[C@H](O)C4)c3C2=O)C(=O)N1. The normalized spacial score (nSPS) is 26.3. The van der Waals surface area contributed by atoms with Crippen molar-refractivity contribution in [2.45, 2.75) is 31.4 Å². The summed E-state index contributed by atoms with van der Waals surface area (Å²) in [5, 5.41) is 11.9. The number of hydrogen-bond acceptors (Lipinski definition) is 6. The average Bonchev–Trinajstić information content (AvgIpc) is 3.11. The van der Waals surface area contributed by atoms with E-state index in [1.807, 2.05) is 4.90 Å². The van der Waals surface area contributed by atoms with Crippen LogP contribution in [-0.4, -0.2) is 58.9 Å². The first kappa shape index (κ1) is 15.8. The summed E-state index contributed by atoms with van der Waals surface area (Å²) in [6.45, 7) is 0.994. The van der Waals surface area contributed by atoms with Crippen molar-refractivity contribution in [3.05, 3.63) is 29.3 Å². The van der Waals surface area contributed by atoms with Crippen molar-refractivity contribution in [1.29, 1.82) is 0 Å². The van der Waals surface area contributed by atoms with Gasteiger partial charge in [0.1, 0.15) is 6.04 Å². The van der Waals surface area contributed by atoms with Crippen LogP contribution in [0, 0.1) is 0 Å². The molecule has 8 nitrogen and oxygen atoms in total. The topological polar surface area (TPSA) is 107 Å². The van der Waals surface area contributed by atoms with E-state index < -0.39 is 35.8 Å². The van der Waals surface area contributed by atoms with Gasteiger partial charge in [0.05, 0.1) is 22.9 Å². The number of nitrogens with one attached hydrogen (secondary N) is 1. The molecule has 0 spiro atoms. The molecule has 0 aromatic heterocycles. The molecule has 0 radical (unpaired) electrons. The number of hydrogen-bond donors (Lipinski definition) is 2. The zero-order valence-corrected chi connectivity index (χ0v) is 13.4. The summed E-state index contributed by atoms with van der Waals surface area (Å²) in [6.07, 6.45) is 0.361. The number of imide groups is 2. The first-order valence-electron chi connectivity index (χ1n) is 8.25. The Bertz CT molecular complexity index is 805. The molecule has 2 N–H and O–H groups in total. The summed E-state index contributed by atoms with van der Waals surface area (Å²) in [4.78, 5) is 51.9. The summed E-state index contributed by atoms with van der Waals surface area (Å²) in [7, 11) is 0. The standard InChI is InChI=1S/C17H17N3O5/c21-9-6-7-19(8-9)11-3-1-2-10-14(11)17(25)20(16(10)24)12-4-5-13(22)18-15(12)23/h1-3,9,12,21H,4-8H2,(H,18,22,23)/t9-,12?/m0/s1. The lowest BCUT2D eigenvalue weighted by Crippen LogP contribution is -2.54. The van der Waals surface area contributed by atoms with Gasteiger partial charge in [0.2, 0.25) is 11.8 Å². The van der Waals surface area contributed by atoms with Crippen LogP contribution in [0.4, 0.5) is 5.69 Å². The minimum absolute atomic E-state index is 0.0922. The van der Waals surface area contributed by atoms with Crippen LogP contribution in [0.25, 0.3) is 0 Å². The molecule has 0 saturated carbocycles. The van der Waals surface area contributed by atoms with Crippen molar-refractivity contribution < 1.29 is 24.3 Å². The Morgan fingerprint density at radius 2 is 1.88 bits per heavy atom. The van der Waals surface area contributed by atoms with Gasteiger partial charge in [0, 0.05) is 19.5 Å². The van der Waals surface area contributed by atoms with Crippen LogP contribution >= 0.6 is 0 Å². The van der Waals surface area contributed by atoms with Crippen molar-refractivity contribution in [1.82, 2.24) is 10.2 Å². The average molecular weight is 343 g/mol. The van der Waals surface area contributed by atoms with Crippen LogP contribution in [0.1, 0.15) is 40.0 Å². The second-order valence-electron chi connectivity index (χ2n) is 6.54. The van der Waals surface area contributed by atoms with E-state index in [1.165, 1.54) is 0 Å². The van der Waals surface area contributed by atoms with E-state index in [-0.39, 0.29) is 24.0 Å². The number of carbonyl (C=O) groups excluding carboxylic acids is 4. The number of amides is 4. The summed E-state index contributed by atoms with van der Waals surface area (Å²) in [6, 6.07) is 4.04. The van der Waals surface area contributed by atoms with Gasteiger partial charge in [-0.25, -0.2) is 0 Å². The van der Waals surface area contributed by atoms with Gasteiger partial charge < -0.3 is 10.0 Å². The number of anilines is 1. The number of aliphatic hydroxyl groups excluding tert-OH is 1. The highest BCUT2D eigenvalue weighted by Gasteiger charge is 2.46. The predicted octanol–water partition coefficient (Wildman–Crippen LogP) is -0.341. The maximum absolute atomic E-state index is 12.9. The lowest BCUT2D eigenvalue weighted by molar-refractivity contribution is -0.136. The number of piperidine rings is 1. The Kier molecular flexibility index (Phi) is 3.57. The number of β-amino-alcohol motifs (C(OH)–C–C–N with tert-alkyl or cyclic N) is 1. The quantitative estimate of drug-likeness (QED) is 0.712. The molecule has 4 amide bonds. The molecule has 0 bridgehead atoms. The molecule has 1 unspecified atom stereocenters. The molecule has 130 valence electrons. The number of rotatable bonds is 2. The summed E-state index contributed by atoms with van der Waals surface area (Å²) in [5.41, 5.74) is 1.13. The van der Waals surface area contributed by atoms with Crippen molar-refractivity contribution in [3.8, 4) is 0 Å². The highest BCUT2D eigenvalue weighted by molar-refractivity contribution is 6.25. The van der Waals surface area contributed by atoms with Crippen LogP contribution in [0.3, 0.4) is 0 Å². The fraction of sp³-hybridized carbons (Fsp3) is 0.412. The van der Waals surface area contributed by atoms with Gasteiger partial charge >= 0.3 is 0 Å². The molecule has 3 aliphatic heterocycles. The van der Waals surface area contributed by atoms with E-state index in [1.54, 1.807) is 18.2 Å². The zero-order chi connectivity index (χ0) is 17.7. The molecular weight excluding hydrogens is 326 g/mol. The number of nitrogens with zero attached hydrogens (tertiary/aromatic N) is 2. The van der Waals surface area contributed by atoms with Gasteiger partial charge in [-0.2, -0.15) is 0 Å². The smallest absolute Gasteiger partial charge is 0.264 e. The number of fused-ring (bicyclic) bond motifs is 1.